The summed E-state index contributed by atoms with van der Waals surface area (Å²) in [5.41, 5.74) is 7.69. The van der Waals surface area contributed by atoms with Gasteiger partial charge < -0.3 is 19.5 Å². The first kappa shape index (κ1) is 33.8. The monoisotopic (exact) mass is 635 g/mol. The number of alkyl halides is 2. The van der Waals surface area contributed by atoms with Gasteiger partial charge in [-0.25, -0.2) is 4.79 Å². The van der Waals surface area contributed by atoms with Gasteiger partial charge in [0.25, 0.3) is 0 Å². The Labute approximate surface area is 271 Å². The smallest absolute Gasteiger partial charge is 0.387 e. The Morgan fingerprint density at radius 2 is 1.72 bits per heavy atom. The normalized spacial score (nSPS) is 17.6. The summed E-state index contributed by atoms with van der Waals surface area (Å²) >= 11 is 0. The molecular weight excluding hydrogens is 588 g/mol. The standard InChI is InChI=1S/C37H47F2N3O4/c1-23-30(26-12-13-27-21-41(17-14-25(27)20-26)22-28-10-8-9-11-29(28)45-35(38)39)32(42-18-15-37(6,7)16-19-42)31(24(2)40-23)33(34(43)44)46-36(3,4)5/h8-13,20,33,35H,14-19,21-22H2,1-7H3,(H,43,44). The lowest BCUT2D eigenvalue weighted by Gasteiger charge is -2.41. The van der Waals surface area contributed by atoms with Crippen molar-refractivity contribution in [1.82, 2.24) is 9.88 Å². The van der Waals surface area contributed by atoms with Crippen LogP contribution < -0.4 is 9.64 Å². The molecule has 9 heteroatoms. The van der Waals surface area contributed by atoms with E-state index < -0.39 is 24.3 Å². The molecule has 1 atom stereocenters. The van der Waals surface area contributed by atoms with E-state index in [1.807, 2.05) is 46.8 Å². The second-order valence-electron chi connectivity index (χ2n) is 14.5. The van der Waals surface area contributed by atoms with Crippen molar-refractivity contribution in [2.45, 2.75) is 99.1 Å². The molecule has 0 spiro atoms. The Kier molecular flexibility index (Phi) is 9.76. The molecule has 2 aromatic carbocycles. The number of aromatic nitrogens is 1. The van der Waals surface area contributed by atoms with Gasteiger partial charge in [0, 0.05) is 60.8 Å². The molecular formula is C37H47F2N3O4. The lowest BCUT2D eigenvalue weighted by atomic mass is 9.81. The summed E-state index contributed by atoms with van der Waals surface area (Å²) in [6.07, 6.45) is 1.62. The number of fused-ring (bicyclic) bond motifs is 1. The van der Waals surface area contributed by atoms with Crippen LogP contribution in [0.2, 0.25) is 0 Å². The molecule has 1 saturated heterocycles. The van der Waals surface area contributed by atoms with Crippen LogP contribution in [0, 0.1) is 19.3 Å². The molecule has 46 heavy (non-hydrogen) atoms. The third-order valence-electron chi connectivity index (χ3n) is 9.14. The van der Waals surface area contributed by atoms with E-state index in [-0.39, 0.29) is 11.2 Å². The molecule has 1 unspecified atom stereocenters. The Bertz CT molecular complexity index is 1570. The second-order valence-corrected chi connectivity index (χ2v) is 14.5. The van der Waals surface area contributed by atoms with E-state index in [9.17, 15) is 18.7 Å². The minimum absolute atomic E-state index is 0.209. The minimum Gasteiger partial charge on any atom is -0.479 e. The van der Waals surface area contributed by atoms with Crippen LogP contribution in [0.4, 0.5) is 14.5 Å². The third-order valence-corrected chi connectivity index (χ3v) is 9.14. The van der Waals surface area contributed by atoms with Crippen LogP contribution >= 0.6 is 0 Å². The van der Waals surface area contributed by atoms with Gasteiger partial charge in [0.1, 0.15) is 5.75 Å². The van der Waals surface area contributed by atoms with Gasteiger partial charge in [0.15, 0.2) is 6.10 Å². The molecule has 0 bridgehead atoms. The first-order valence-corrected chi connectivity index (χ1v) is 16.2. The van der Waals surface area contributed by atoms with Crippen LogP contribution in [0.1, 0.15) is 87.2 Å². The number of carboxylic acid groups (broad SMARTS) is 1. The summed E-state index contributed by atoms with van der Waals surface area (Å²) in [5.74, 6) is -0.820. The van der Waals surface area contributed by atoms with Crippen molar-refractivity contribution in [2.75, 3.05) is 24.5 Å². The maximum Gasteiger partial charge on any atom is 0.387 e. The van der Waals surface area contributed by atoms with Crippen molar-refractivity contribution < 1.29 is 28.2 Å². The van der Waals surface area contributed by atoms with E-state index in [4.69, 9.17) is 14.5 Å². The summed E-state index contributed by atoms with van der Waals surface area (Å²) in [4.78, 5) is 22.3. The molecule has 1 N–H and O–H groups in total. The van der Waals surface area contributed by atoms with Crippen LogP contribution in [-0.2, 0) is 29.0 Å². The van der Waals surface area contributed by atoms with E-state index in [2.05, 4.69) is 41.8 Å². The van der Waals surface area contributed by atoms with Crippen molar-refractivity contribution in [2.24, 2.45) is 5.41 Å². The Hall–Kier alpha value is -3.56. The number of carboxylic acids is 1. The highest BCUT2D eigenvalue weighted by atomic mass is 19.3. The molecule has 0 aliphatic carbocycles. The molecule has 0 amide bonds. The van der Waals surface area contributed by atoms with Crippen LogP contribution in [-0.4, -0.2) is 52.8 Å². The number of pyridine rings is 1. The number of rotatable bonds is 9. The van der Waals surface area contributed by atoms with Gasteiger partial charge in [0.2, 0.25) is 0 Å². The molecule has 3 heterocycles. The Morgan fingerprint density at radius 3 is 2.37 bits per heavy atom. The zero-order valence-electron chi connectivity index (χ0n) is 28.1. The molecule has 5 rings (SSSR count). The number of aliphatic carboxylic acids is 1. The molecule has 7 nitrogen and oxygen atoms in total. The molecule has 0 radical (unpaired) electrons. The Morgan fingerprint density at radius 1 is 1.02 bits per heavy atom. The second kappa shape index (κ2) is 13.3. The van der Waals surface area contributed by atoms with Gasteiger partial charge in [-0.15, -0.1) is 0 Å². The average molecular weight is 636 g/mol. The minimum atomic E-state index is -2.87. The predicted molar refractivity (Wildman–Crippen MR) is 176 cm³/mol. The first-order valence-electron chi connectivity index (χ1n) is 16.2. The molecule has 1 fully saturated rings. The highest BCUT2D eigenvalue weighted by molar-refractivity contribution is 5.88. The van der Waals surface area contributed by atoms with Crippen molar-refractivity contribution >= 4 is 11.7 Å². The Balaban J connectivity index is 1.54. The highest BCUT2D eigenvalue weighted by Gasteiger charge is 2.36. The molecule has 2 aliphatic rings. The third kappa shape index (κ3) is 7.69. The van der Waals surface area contributed by atoms with E-state index in [0.717, 1.165) is 67.0 Å². The first-order chi connectivity index (χ1) is 21.6. The largest absolute Gasteiger partial charge is 0.479 e. The number of aryl methyl sites for hydroxylation is 2. The zero-order chi connectivity index (χ0) is 33.4. The van der Waals surface area contributed by atoms with Gasteiger partial charge >= 0.3 is 12.6 Å². The van der Waals surface area contributed by atoms with Crippen LogP contribution in [0.25, 0.3) is 11.1 Å². The summed E-state index contributed by atoms with van der Waals surface area (Å²) in [5, 5.41) is 10.5. The molecule has 0 saturated carbocycles. The van der Waals surface area contributed by atoms with E-state index in [1.165, 1.54) is 11.1 Å². The number of nitrogens with zero attached hydrogens (tertiary/aromatic N) is 3. The van der Waals surface area contributed by atoms with E-state index >= 15 is 0 Å². The summed E-state index contributed by atoms with van der Waals surface area (Å²) in [7, 11) is 0. The fourth-order valence-electron chi connectivity index (χ4n) is 6.74. The number of hydrogen-bond acceptors (Lipinski definition) is 6. The maximum absolute atomic E-state index is 13.0. The van der Waals surface area contributed by atoms with Crippen molar-refractivity contribution in [1.29, 1.82) is 0 Å². The predicted octanol–water partition coefficient (Wildman–Crippen LogP) is 8.09. The summed E-state index contributed by atoms with van der Waals surface area (Å²) < 4.78 is 37.0. The number of ether oxygens (including phenoxy) is 2. The van der Waals surface area contributed by atoms with Crippen LogP contribution in [0.15, 0.2) is 42.5 Å². The topological polar surface area (TPSA) is 75.1 Å². The van der Waals surface area contributed by atoms with Crippen molar-refractivity contribution in [3.8, 4) is 16.9 Å². The van der Waals surface area contributed by atoms with Gasteiger partial charge in [-0.05, 0) is 82.1 Å². The summed E-state index contributed by atoms with van der Waals surface area (Å²) in [6, 6.07) is 13.4. The zero-order valence-corrected chi connectivity index (χ0v) is 28.1. The van der Waals surface area contributed by atoms with E-state index in [1.54, 1.807) is 12.1 Å². The SMILES string of the molecule is Cc1nc(C)c(C(OC(C)(C)C)C(=O)O)c(N2CCC(C)(C)CC2)c1-c1ccc2c(c1)CCN(Cc1ccccc1OC(F)F)C2. The van der Waals surface area contributed by atoms with Crippen molar-refractivity contribution in [3.05, 3.63) is 76.1 Å². The number of benzene rings is 2. The number of hydrogen-bond donors (Lipinski definition) is 1. The maximum atomic E-state index is 13.0. The van der Waals surface area contributed by atoms with Gasteiger partial charge in [-0.1, -0.05) is 50.2 Å². The fourth-order valence-corrected chi connectivity index (χ4v) is 6.74. The molecule has 1 aromatic heterocycles. The average Bonchev–Trinajstić information content (AvgIpc) is 2.96. The number of halogens is 2. The van der Waals surface area contributed by atoms with Gasteiger partial charge in [0.05, 0.1) is 11.3 Å². The van der Waals surface area contributed by atoms with Crippen molar-refractivity contribution in [3.63, 3.8) is 0 Å². The van der Waals surface area contributed by atoms with Gasteiger partial charge in [-0.2, -0.15) is 8.78 Å². The molecule has 3 aromatic rings. The lowest BCUT2D eigenvalue weighted by molar-refractivity contribution is -0.160. The fraction of sp³-hybridized carbons (Fsp3) is 0.514. The number of para-hydroxylation sites is 1. The highest BCUT2D eigenvalue weighted by Crippen LogP contribution is 2.45. The lowest BCUT2D eigenvalue weighted by Crippen LogP contribution is -2.39. The number of carbonyl (C=O) groups is 1. The summed E-state index contributed by atoms with van der Waals surface area (Å²) in [6.45, 7) is 14.8. The number of piperidine rings is 1. The molecule has 2 aliphatic heterocycles. The number of anilines is 1. The van der Waals surface area contributed by atoms with Crippen LogP contribution in [0.3, 0.4) is 0 Å². The molecule has 248 valence electrons. The quantitative estimate of drug-likeness (QED) is 0.255. The van der Waals surface area contributed by atoms with Crippen LogP contribution in [0.5, 0.6) is 5.75 Å². The van der Waals surface area contributed by atoms with Gasteiger partial charge in [-0.3, -0.25) is 9.88 Å². The van der Waals surface area contributed by atoms with E-state index in [0.29, 0.717) is 24.3 Å².